The van der Waals surface area contributed by atoms with Crippen molar-refractivity contribution in [1.82, 2.24) is 19.6 Å². The van der Waals surface area contributed by atoms with E-state index in [1.54, 1.807) is 59.7 Å². The maximum atomic E-state index is 12.5. The second kappa shape index (κ2) is 8.08. The fourth-order valence-corrected chi connectivity index (χ4v) is 2.85. The van der Waals surface area contributed by atoms with Crippen LogP contribution in [0, 0.1) is 6.92 Å². The minimum absolute atomic E-state index is 0.143. The first-order valence-electron chi connectivity index (χ1n) is 9.09. The second-order valence-electron chi connectivity index (χ2n) is 6.53. The molecule has 0 aliphatic carbocycles. The molecule has 0 fully saturated rings. The van der Waals surface area contributed by atoms with Crippen molar-refractivity contribution in [3.63, 3.8) is 0 Å². The Balaban J connectivity index is 1.77. The Bertz CT molecular complexity index is 986. The van der Waals surface area contributed by atoms with Crippen molar-refractivity contribution < 1.29 is 14.3 Å². The van der Waals surface area contributed by atoms with E-state index in [0.29, 0.717) is 29.2 Å². The number of anilines is 1. The molecule has 28 heavy (non-hydrogen) atoms. The van der Waals surface area contributed by atoms with E-state index in [2.05, 4.69) is 15.5 Å². The first kappa shape index (κ1) is 19.3. The molecule has 0 radical (unpaired) electrons. The van der Waals surface area contributed by atoms with E-state index in [9.17, 15) is 9.59 Å². The van der Waals surface area contributed by atoms with Crippen molar-refractivity contribution in [2.24, 2.45) is 0 Å². The Kier molecular flexibility index (Phi) is 5.58. The summed E-state index contributed by atoms with van der Waals surface area (Å²) in [5.41, 5.74) is 2.36. The lowest BCUT2D eigenvalue weighted by Gasteiger charge is -2.12. The zero-order chi connectivity index (χ0) is 20.3. The van der Waals surface area contributed by atoms with Gasteiger partial charge in [0.05, 0.1) is 30.4 Å². The summed E-state index contributed by atoms with van der Waals surface area (Å²) < 4.78 is 8.42. The quantitative estimate of drug-likeness (QED) is 0.661. The van der Waals surface area contributed by atoms with Crippen molar-refractivity contribution in [3.05, 3.63) is 59.5 Å². The average molecular weight is 381 g/mol. The highest BCUT2D eigenvalue weighted by atomic mass is 16.5. The fourth-order valence-electron chi connectivity index (χ4n) is 2.85. The predicted molar refractivity (Wildman–Crippen MR) is 105 cm³/mol. The third-order valence-corrected chi connectivity index (χ3v) is 4.28. The molecule has 0 spiro atoms. The van der Waals surface area contributed by atoms with Gasteiger partial charge in [0.1, 0.15) is 11.4 Å². The summed E-state index contributed by atoms with van der Waals surface area (Å²) in [6.45, 7) is 7.86. The van der Waals surface area contributed by atoms with Crippen molar-refractivity contribution in [2.45, 2.75) is 33.7 Å². The predicted octanol–water partition coefficient (Wildman–Crippen LogP) is 3.39. The molecular formula is C20H23N5O3. The number of amides is 1. The molecule has 2 aromatic heterocycles. The standard InChI is InChI=1S/C20H23N5O3/c1-5-28-20(27)17-12-22-25(14(17)4)16-8-6-15(7-9-16)19(26)23-18-10-11-21-24(18)13(2)3/h6-13H,5H2,1-4H3,(H,23,26). The van der Waals surface area contributed by atoms with E-state index in [1.165, 1.54) is 6.20 Å². The topological polar surface area (TPSA) is 91.0 Å². The summed E-state index contributed by atoms with van der Waals surface area (Å²) >= 11 is 0. The lowest BCUT2D eigenvalue weighted by molar-refractivity contribution is 0.0525. The molecule has 3 aromatic rings. The molecule has 8 heteroatoms. The Hall–Kier alpha value is -3.42. The van der Waals surface area contributed by atoms with Crippen molar-refractivity contribution >= 4 is 17.7 Å². The molecule has 1 amide bonds. The lowest BCUT2D eigenvalue weighted by Crippen LogP contribution is -2.16. The number of rotatable bonds is 6. The highest BCUT2D eigenvalue weighted by Gasteiger charge is 2.16. The monoisotopic (exact) mass is 381 g/mol. The molecule has 0 unspecified atom stereocenters. The highest BCUT2D eigenvalue weighted by Crippen LogP contribution is 2.18. The maximum Gasteiger partial charge on any atom is 0.341 e. The number of nitrogens with one attached hydrogen (secondary N) is 1. The Morgan fingerprint density at radius 2 is 1.86 bits per heavy atom. The molecule has 1 N–H and O–H groups in total. The van der Waals surface area contributed by atoms with E-state index in [1.807, 2.05) is 13.8 Å². The van der Waals surface area contributed by atoms with Crippen LogP contribution in [-0.2, 0) is 4.74 Å². The molecule has 2 heterocycles. The molecule has 3 rings (SSSR count). The minimum Gasteiger partial charge on any atom is -0.462 e. The first-order valence-corrected chi connectivity index (χ1v) is 9.09. The number of hydrogen-bond acceptors (Lipinski definition) is 5. The number of esters is 1. The van der Waals surface area contributed by atoms with Gasteiger partial charge in [-0.15, -0.1) is 0 Å². The molecule has 0 aliphatic heterocycles. The van der Waals surface area contributed by atoms with Gasteiger partial charge in [-0.1, -0.05) is 0 Å². The molecular weight excluding hydrogens is 358 g/mol. The van der Waals surface area contributed by atoms with E-state index in [4.69, 9.17) is 4.74 Å². The number of carbonyl (C=O) groups is 2. The van der Waals surface area contributed by atoms with Crippen LogP contribution in [0.2, 0.25) is 0 Å². The normalized spacial score (nSPS) is 10.9. The van der Waals surface area contributed by atoms with Gasteiger partial charge in [-0.2, -0.15) is 10.2 Å². The molecule has 0 saturated heterocycles. The van der Waals surface area contributed by atoms with Crippen LogP contribution in [0.3, 0.4) is 0 Å². The van der Waals surface area contributed by atoms with Crippen LogP contribution >= 0.6 is 0 Å². The lowest BCUT2D eigenvalue weighted by atomic mass is 10.2. The molecule has 0 saturated carbocycles. The van der Waals surface area contributed by atoms with Crippen molar-refractivity contribution in [1.29, 1.82) is 0 Å². The molecule has 0 atom stereocenters. The number of carbonyl (C=O) groups excluding carboxylic acids is 2. The summed E-state index contributed by atoms with van der Waals surface area (Å²) in [6.07, 6.45) is 3.14. The minimum atomic E-state index is -0.399. The van der Waals surface area contributed by atoms with E-state index in [0.717, 1.165) is 5.69 Å². The molecule has 1 aromatic carbocycles. The van der Waals surface area contributed by atoms with Gasteiger partial charge in [-0.25, -0.2) is 14.2 Å². The number of benzene rings is 1. The average Bonchev–Trinajstić information content (AvgIpc) is 3.28. The summed E-state index contributed by atoms with van der Waals surface area (Å²) in [6, 6.07) is 8.89. The van der Waals surface area contributed by atoms with E-state index >= 15 is 0 Å². The summed E-state index contributed by atoms with van der Waals surface area (Å²) in [5.74, 6) is 0.0217. The van der Waals surface area contributed by atoms with Crippen LogP contribution in [-0.4, -0.2) is 38.0 Å². The second-order valence-corrected chi connectivity index (χ2v) is 6.53. The van der Waals surface area contributed by atoms with Gasteiger partial charge in [0.25, 0.3) is 5.91 Å². The first-order chi connectivity index (χ1) is 13.4. The van der Waals surface area contributed by atoms with Crippen LogP contribution in [0.15, 0.2) is 42.7 Å². The third kappa shape index (κ3) is 3.80. The van der Waals surface area contributed by atoms with Crippen LogP contribution in [0.4, 0.5) is 5.82 Å². The van der Waals surface area contributed by atoms with Crippen LogP contribution in [0.1, 0.15) is 53.2 Å². The molecule has 0 aliphatic rings. The van der Waals surface area contributed by atoms with Crippen LogP contribution in [0.25, 0.3) is 5.69 Å². The maximum absolute atomic E-state index is 12.5. The number of nitrogens with zero attached hydrogens (tertiary/aromatic N) is 4. The number of ether oxygens (including phenoxy) is 1. The summed E-state index contributed by atoms with van der Waals surface area (Å²) in [4.78, 5) is 24.5. The van der Waals surface area contributed by atoms with Gasteiger partial charge in [-0.3, -0.25) is 4.79 Å². The van der Waals surface area contributed by atoms with E-state index in [-0.39, 0.29) is 11.9 Å². The van der Waals surface area contributed by atoms with Gasteiger partial charge in [0.2, 0.25) is 0 Å². The van der Waals surface area contributed by atoms with Crippen LogP contribution < -0.4 is 5.32 Å². The van der Waals surface area contributed by atoms with Gasteiger partial charge in [0, 0.05) is 17.7 Å². The Morgan fingerprint density at radius 3 is 2.50 bits per heavy atom. The Morgan fingerprint density at radius 1 is 1.14 bits per heavy atom. The third-order valence-electron chi connectivity index (χ3n) is 4.28. The van der Waals surface area contributed by atoms with Gasteiger partial charge in [0.15, 0.2) is 0 Å². The fraction of sp³-hybridized carbons (Fsp3) is 0.300. The zero-order valence-corrected chi connectivity index (χ0v) is 16.3. The smallest absolute Gasteiger partial charge is 0.341 e. The van der Waals surface area contributed by atoms with Crippen molar-refractivity contribution in [2.75, 3.05) is 11.9 Å². The molecule has 8 nitrogen and oxygen atoms in total. The number of aromatic nitrogens is 4. The van der Waals surface area contributed by atoms with Crippen LogP contribution in [0.5, 0.6) is 0 Å². The van der Waals surface area contributed by atoms with E-state index < -0.39 is 5.97 Å². The summed E-state index contributed by atoms with van der Waals surface area (Å²) in [7, 11) is 0. The number of hydrogen-bond donors (Lipinski definition) is 1. The van der Waals surface area contributed by atoms with Crippen molar-refractivity contribution in [3.8, 4) is 5.69 Å². The zero-order valence-electron chi connectivity index (χ0n) is 16.3. The van der Waals surface area contributed by atoms with Gasteiger partial charge >= 0.3 is 5.97 Å². The Labute approximate surface area is 163 Å². The van der Waals surface area contributed by atoms with Gasteiger partial charge in [-0.05, 0) is 52.0 Å². The molecule has 0 bridgehead atoms. The van der Waals surface area contributed by atoms with Gasteiger partial charge < -0.3 is 10.1 Å². The largest absolute Gasteiger partial charge is 0.462 e. The SMILES string of the molecule is CCOC(=O)c1cnn(-c2ccc(C(=O)Nc3ccnn3C(C)C)cc2)c1C. The highest BCUT2D eigenvalue weighted by molar-refractivity contribution is 6.03. The summed E-state index contributed by atoms with van der Waals surface area (Å²) in [5, 5.41) is 11.3. The molecule has 146 valence electrons.